The Balaban J connectivity index is 2.08. The Morgan fingerprint density at radius 1 is 1.08 bits per heavy atom. The summed E-state index contributed by atoms with van der Waals surface area (Å²) < 4.78 is 0. The van der Waals surface area contributed by atoms with Crippen molar-refractivity contribution >= 4 is 16.9 Å². The summed E-state index contributed by atoms with van der Waals surface area (Å²) >= 11 is 0. The van der Waals surface area contributed by atoms with Gasteiger partial charge in [-0.05, 0) is 48.1 Å². The fourth-order valence-corrected chi connectivity index (χ4v) is 3.17. The van der Waals surface area contributed by atoms with E-state index in [0.717, 1.165) is 35.9 Å². The summed E-state index contributed by atoms with van der Waals surface area (Å²) in [6.07, 6.45) is 3.18. The highest BCUT2D eigenvalue weighted by Gasteiger charge is 2.14. The van der Waals surface area contributed by atoms with Crippen LogP contribution in [0.4, 0.5) is 0 Å². The molecular weight excluding hydrogens is 322 g/mol. The molecule has 3 rings (SSSR count). The molecule has 0 saturated carbocycles. The zero-order chi connectivity index (χ0) is 18.7. The van der Waals surface area contributed by atoms with E-state index in [4.69, 9.17) is 4.98 Å². The third-order valence-electron chi connectivity index (χ3n) is 4.80. The summed E-state index contributed by atoms with van der Waals surface area (Å²) in [5.74, 6) is -0.449. The van der Waals surface area contributed by atoms with Gasteiger partial charge in [0.1, 0.15) is 0 Å². The molecule has 2 aromatic carbocycles. The molecule has 3 nitrogen and oxygen atoms in total. The van der Waals surface area contributed by atoms with Crippen LogP contribution in [0.2, 0.25) is 0 Å². The molecule has 0 spiro atoms. The number of fused-ring (bicyclic) bond motifs is 1. The van der Waals surface area contributed by atoms with Crippen LogP contribution in [0.1, 0.15) is 61.0 Å². The molecule has 0 bridgehead atoms. The van der Waals surface area contributed by atoms with Gasteiger partial charge < -0.3 is 5.11 Å². The van der Waals surface area contributed by atoms with Gasteiger partial charge in [-0.3, -0.25) is 0 Å². The first-order chi connectivity index (χ1) is 12.5. The first-order valence-electron chi connectivity index (χ1n) is 9.27. The SMILES string of the molecule is CCCCc1ccc2nc(-c3ccc(C(C)C)cc3)cc(C(=O)O)c2c1. The van der Waals surface area contributed by atoms with Gasteiger partial charge in [-0.25, -0.2) is 9.78 Å². The predicted octanol–water partition coefficient (Wildman–Crippen LogP) is 6.07. The van der Waals surface area contributed by atoms with Crippen LogP contribution in [0.15, 0.2) is 48.5 Å². The lowest BCUT2D eigenvalue weighted by atomic mass is 9.98. The van der Waals surface area contributed by atoms with Gasteiger partial charge in [-0.2, -0.15) is 0 Å². The molecule has 0 aliphatic carbocycles. The number of pyridine rings is 1. The maximum Gasteiger partial charge on any atom is 0.336 e. The molecule has 1 heterocycles. The van der Waals surface area contributed by atoms with E-state index in [1.165, 1.54) is 5.56 Å². The Labute approximate surface area is 154 Å². The minimum Gasteiger partial charge on any atom is -0.478 e. The molecule has 3 aromatic rings. The van der Waals surface area contributed by atoms with Gasteiger partial charge >= 0.3 is 5.97 Å². The Hall–Kier alpha value is -2.68. The molecule has 0 unspecified atom stereocenters. The van der Waals surface area contributed by atoms with E-state index < -0.39 is 5.97 Å². The molecule has 0 saturated heterocycles. The van der Waals surface area contributed by atoms with Crippen molar-refractivity contribution in [2.75, 3.05) is 0 Å². The summed E-state index contributed by atoms with van der Waals surface area (Å²) in [5, 5.41) is 10.4. The normalized spacial score (nSPS) is 11.2. The average molecular weight is 347 g/mol. The number of rotatable bonds is 6. The van der Waals surface area contributed by atoms with E-state index in [2.05, 4.69) is 39.0 Å². The van der Waals surface area contributed by atoms with Gasteiger partial charge in [-0.15, -0.1) is 0 Å². The summed E-state index contributed by atoms with van der Waals surface area (Å²) in [6, 6.07) is 15.9. The molecule has 0 fully saturated rings. The number of carbonyl (C=O) groups is 1. The lowest BCUT2D eigenvalue weighted by Gasteiger charge is -2.10. The Morgan fingerprint density at radius 3 is 2.42 bits per heavy atom. The monoisotopic (exact) mass is 347 g/mol. The first-order valence-corrected chi connectivity index (χ1v) is 9.27. The molecule has 134 valence electrons. The summed E-state index contributed by atoms with van der Waals surface area (Å²) in [4.78, 5) is 16.6. The number of hydrogen-bond acceptors (Lipinski definition) is 2. The van der Waals surface area contributed by atoms with Crippen molar-refractivity contribution in [1.82, 2.24) is 4.98 Å². The second-order valence-electron chi connectivity index (χ2n) is 7.09. The van der Waals surface area contributed by atoms with Crippen LogP contribution in [-0.2, 0) is 6.42 Å². The molecule has 3 heteroatoms. The molecule has 26 heavy (non-hydrogen) atoms. The molecule has 1 aromatic heterocycles. The van der Waals surface area contributed by atoms with Crippen LogP contribution in [0.25, 0.3) is 22.2 Å². The third-order valence-corrected chi connectivity index (χ3v) is 4.80. The van der Waals surface area contributed by atoms with Gasteiger partial charge in [0.25, 0.3) is 0 Å². The van der Waals surface area contributed by atoms with E-state index in [-0.39, 0.29) is 0 Å². The summed E-state index contributed by atoms with van der Waals surface area (Å²) in [7, 11) is 0. The maximum atomic E-state index is 11.8. The van der Waals surface area contributed by atoms with Gasteiger partial charge in [0, 0.05) is 10.9 Å². The van der Waals surface area contributed by atoms with Gasteiger partial charge in [0.15, 0.2) is 0 Å². The maximum absolute atomic E-state index is 11.8. The van der Waals surface area contributed by atoms with Crippen LogP contribution >= 0.6 is 0 Å². The minimum absolute atomic E-state index is 0.316. The predicted molar refractivity (Wildman–Crippen MR) is 107 cm³/mol. The van der Waals surface area contributed by atoms with Crippen LogP contribution in [0.3, 0.4) is 0 Å². The Bertz CT molecular complexity index is 927. The van der Waals surface area contributed by atoms with E-state index in [1.54, 1.807) is 6.07 Å². The van der Waals surface area contributed by atoms with Crippen LogP contribution in [-0.4, -0.2) is 16.1 Å². The Morgan fingerprint density at radius 2 is 1.81 bits per heavy atom. The lowest BCUT2D eigenvalue weighted by molar-refractivity contribution is 0.0699. The number of aromatic nitrogens is 1. The van der Waals surface area contributed by atoms with Crippen molar-refractivity contribution < 1.29 is 9.90 Å². The highest BCUT2D eigenvalue weighted by Crippen LogP contribution is 2.27. The number of aromatic carboxylic acids is 1. The van der Waals surface area contributed by atoms with Crippen LogP contribution in [0, 0.1) is 0 Å². The fourth-order valence-electron chi connectivity index (χ4n) is 3.17. The van der Waals surface area contributed by atoms with E-state index in [1.807, 2.05) is 24.3 Å². The highest BCUT2D eigenvalue weighted by molar-refractivity contribution is 6.04. The average Bonchev–Trinajstić information content (AvgIpc) is 2.65. The second-order valence-corrected chi connectivity index (χ2v) is 7.09. The fraction of sp³-hybridized carbons (Fsp3) is 0.304. The number of carboxylic acid groups (broad SMARTS) is 1. The smallest absolute Gasteiger partial charge is 0.336 e. The van der Waals surface area contributed by atoms with Gasteiger partial charge in [0.05, 0.1) is 16.8 Å². The number of benzene rings is 2. The number of carboxylic acids is 1. The standard InChI is InChI=1S/C23H25NO2/c1-4-5-6-16-7-12-21-19(13-16)20(23(25)26)14-22(24-21)18-10-8-17(9-11-18)15(2)3/h7-15H,4-6H2,1-3H3,(H,25,26). The molecule has 0 aliphatic rings. The second kappa shape index (κ2) is 7.69. The molecule has 0 radical (unpaired) electrons. The molecule has 0 amide bonds. The molecule has 1 N–H and O–H groups in total. The quantitative estimate of drug-likeness (QED) is 0.589. The number of hydrogen-bond donors (Lipinski definition) is 1. The largest absolute Gasteiger partial charge is 0.478 e. The van der Waals surface area contributed by atoms with Crippen molar-refractivity contribution in [2.24, 2.45) is 0 Å². The number of nitrogens with zero attached hydrogens (tertiary/aromatic N) is 1. The lowest BCUT2D eigenvalue weighted by Crippen LogP contribution is -2.01. The zero-order valence-corrected chi connectivity index (χ0v) is 15.6. The van der Waals surface area contributed by atoms with Gasteiger partial charge in [0.2, 0.25) is 0 Å². The topological polar surface area (TPSA) is 50.2 Å². The molecule has 0 atom stereocenters. The van der Waals surface area contributed by atoms with Crippen LogP contribution in [0.5, 0.6) is 0 Å². The van der Waals surface area contributed by atoms with Crippen molar-refractivity contribution in [3.8, 4) is 11.3 Å². The van der Waals surface area contributed by atoms with Crippen LogP contribution < -0.4 is 0 Å². The zero-order valence-electron chi connectivity index (χ0n) is 15.6. The van der Waals surface area contributed by atoms with Crippen molar-refractivity contribution in [3.05, 3.63) is 65.2 Å². The van der Waals surface area contributed by atoms with Crippen molar-refractivity contribution in [3.63, 3.8) is 0 Å². The number of aryl methyl sites for hydroxylation is 1. The summed E-state index contributed by atoms with van der Waals surface area (Å²) in [5.41, 5.74) is 5.11. The van der Waals surface area contributed by atoms with E-state index in [0.29, 0.717) is 22.6 Å². The van der Waals surface area contributed by atoms with Crippen molar-refractivity contribution in [2.45, 2.75) is 46.0 Å². The van der Waals surface area contributed by atoms with Crippen molar-refractivity contribution in [1.29, 1.82) is 0 Å². The summed E-state index contributed by atoms with van der Waals surface area (Å²) in [6.45, 7) is 6.46. The molecule has 0 aliphatic heterocycles. The minimum atomic E-state index is -0.912. The van der Waals surface area contributed by atoms with Gasteiger partial charge in [-0.1, -0.05) is 57.5 Å². The van der Waals surface area contributed by atoms with E-state index in [9.17, 15) is 9.90 Å². The van der Waals surface area contributed by atoms with E-state index >= 15 is 0 Å². The first kappa shape index (κ1) is 18.1. The highest BCUT2D eigenvalue weighted by atomic mass is 16.4. The third kappa shape index (κ3) is 3.77. The Kier molecular flexibility index (Phi) is 5.36. The molecular formula is C23H25NO2. The number of unbranched alkanes of at least 4 members (excludes halogenated alkanes) is 1.